The SMILES string of the molecule is CC(C)(C)OC(=O)NCCCN=S(C)(=O)c1ccc(N)cc1. The number of carbonyl (C=O) groups excluding carboxylic acids is 1. The van der Waals surface area contributed by atoms with Crippen LogP contribution in [0.1, 0.15) is 27.2 Å². The molecule has 22 heavy (non-hydrogen) atoms. The maximum absolute atomic E-state index is 12.5. The van der Waals surface area contributed by atoms with Crippen LogP contribution in [0.4, 0.5) is 10.5 Å². The zero-order valence-electron chi connectivity index (χ0n) is 13.6. The Morgan fingerprint density at radius 3 is 2.45 bits per heavy atom. The highest BCUT2D eigenvalue weighted by atomic mass is 32.2. The van der Waals surface area contributed by atoms with Crippen molar-refractivity contribution in [2.75, 3.05) is 25.1 Å². The predicted molar refractivity (Wildman–Crippen MR) is 89.3 cm³/mol. The second-order valence-corrected chi connectivity index (χ2v) is 8.34. The zero-order chi connectivity index (χ0) is 16.8. The van der Waals surface area contributed by atoms with Gasteiger partial charge in [0.2, 0.25) is 0 Å². The van der Waals surface area contributed by atoms with Gasteiger partial charge in [0.05, 0.1) is 16.3 Å². The van der Waals surface area contributed by atoms with Gasteiger partial charge < -0.3 is 15.8 Å². The number of nitrogens with one attached hydrogen (secondary N) is 1. The highest BCUT2D eigenvalue weighted by Gasteiger charge is 2.15. The van der Waals surface area contributed by atoms with E-state index in [4.69, 9.17) is 10.5 Å². The number of hydrogen-bond acceptors (Lipinski definition) is 5. The van der Waals surface area contributed by atoms with Gasteiger partial charge in [-0.25, -0.2) is 13.4 Å². The summed E-state index contributed by atoms with van der Waals surface area (Å²) in [5, 5.41) is 2.64. The van der Waals surface area contributed by atoms with Gasteiger partial charge in [0.15, 0.2) is 0 Å². The molecule has 0 aromatic heterocycles. The first-order chi connectivity index (χ1) is 10.1. The fourth-order valence-corrected chi connectivity index (χ4v) is 2.88. The maximum atomic E-state index is 12.5. The van der Waals surface area contributed by atoms with Gasteiger partial charge in [0, 0.05) is 23.4 Å². The molecule has 1 aromatic rings. The molecular weight excluding hydrogens is 302 g/mol. The van der Waals surface area contributed by atoms with Gasteiger partial charge in [-0.2, -0.15) is 0 Å². The van der Waals surface area contributed by atoms with Gasteiger partial charge >= 0.3 is 6.09 Å². The minimum Gasteiger partial charge on any atom is -0.444 e. The first-order valence-corrected chi connectivity index (χ1v) is 9.03. The molecule has 0 aliphatic carbocycles. The highest BCUT2D eigenvalue weighted by Crippen LogP contribution is 2.13. The van der Waals surface area contributed by atoms with E-state index >= 15 is 0 Å². The van der Waals surface area contributed by atoms with Crippen molar-refractivity contribution in [3.63, 3.8) is 0 Å². The van der Waals surface area contributed by atoms with Crippen molar-refractivity contribution in [2.24, 2.45) is 4.36 Å². The molecule has 0 bridgehead atoms. The molecule has 0 saturated heterocycles. The Bertz CT molecular complexity index is 612. The number of nitrogens with zero attached hydrogens (tertiary/aromatic N) is 1. The molecule has 0 spiro atoms. The second-order valence-electron chi connectivity index (χ2n) is 6.01. The molecule has 1 amide bonds. The lowest BCUT2D eigenvalue weighted by atomic mass is 10.2. The number of hydrogen-bond donors (Lipinski definition) is 2. The van der Waals surface area contributed by atoms with Crippen LogP contribution in [-0.4, -0.2) is 35.2 Å². The van der Waals surface area contributed by atoms with Gasteiger partial charge in [0.1, 0.15) is 5.60 Å². The summed E-state index contributed by atoms with van der Waals surface area (Å²) in [5.74, 6) is 0. The van der Waals surface area contributed by atoms with Crippen LogP contribution in [0.5, 0.6) is 0 Å². The Balaban J connectivity index is 2.44. The van der Waals surface area contributed by atoms with Crippen LogP contribution in [0.2, 0.25) is 0 Å². The van der Waals surface area contributed by atoms with E-state index in [-0.39, 0.29) is 0 Å². The molecule has 0 fully saturated rings. The molecule has 1 aromatic carbocycles. The van der Waals surface area contributed by atoms with Crippen LogP contribution < -0.4 is 11.1 Å². The Labute approximate surface area is 132 Å². The van der Waals surface area contributed by atoms with Crippen molar-refractivity contribution in [3.8, 4) is 0 Å². The molecule has 7 heteroatoms. The summed E-state index contributed by atoms with van der Waals surface area (Å²) in [4.78, 5) is 12.1. The van der Waals surface area contributed by atoms with Crippen LogP contribution >= 0.6 is 0 Å². The van der Waals surface area contributed by atoms with Crippen LogP contribution in [0, 0.1) is 0 Å². The lowest BCUT2D eigenvalue weighted by Crippen LogP contribution is -2.33. The molecule has 1 unspecified atom stereocenters. The molecule has 0 aliphatic heterocycles. The third kappa shape index (κ3) is 6.80. The van der Waals surface area contributed by atoms with Gasteiger partial charge in [0.25, 0.3) is 0 Å². The predicted octanol–water partition coefficient (Wildman–Crippen LogP) is 2.64. The number of anilines is 1. The summed E-state index contributed by atoms with van der Waals surface area (Å²) >= 11 is 0. The summed E-state index contributed by atoms with van der Waals surface area (Å²) < 4.78 is 21.8. The van der Waals surface area contributed by atoms with Crippen LogP contribution in [0.3, 0.4) is 0 Å². The molecule has 3 N–H and O–H groups in total. The minimum absolute atomic E-state index is 0.398. The number of rotatable bonds is 5. The largest absolute Gasteiger partial charge is 0.444 e. The van der Waals surface area contributed by atoms with Crippen molar-refractivity contribution in [3.05, 3.63) is 24.3 Å². The monoisotopic (exact) mass is 327 g/mol. The number of benzene rings is 1. The molecule has 0 aliphatic rings. The van der Waals surface area contributed by atoms with Crippen LogP contribution in [-0.2, 0) is 14.5 Å². The number of nitrogens with two attached hydrogens (primary N) is 1. The first-order valence-electron chi connectivity index (χ1n) is 7.10. The molecule has 124 valence electrons. The van der Waals surface area contributed by atoms with Crippen LogP contribution in [0.25, 0.3) is 0 Å². The summed E-state index contributed by atoms with van der Waals surface area (Å²) in [6, 6.07) is 6.86. The molecule has 0 heterocycles. The summed E-state index contributed by atoms with van der Waals surface area (Å²) in [6.07, 6.45) is 1.74. The Morgan fingerprint density at radius 1 is 1.32 bits per heavy atom. The van der Waals surface area contributed by atoms with E-state index in [1.54, 1.807) is 51.3 Å². The van der Waals surface area contributed by atoms with Gasteiger partial charge in [-0.15, -0.1) is 0 Å². The topological polar surface area (TPSA) is 93.8 Å². The number of amides is 1. The van der Waals surface area contributed by atoms with Crippen molar-refractivity contribution >= 4 is 21.5 Å². The highest BCUT2D eigenvalue weighted by molar-refractivity contribution is 7.93. The van der Waals surface area contributed by atoms with Crippen molar-refractivity contribution in [1.29, 1.82) is 0 Å². The number of carbonyl (C=O) groups is 1. The number of ether oxygens (including phenoxy) is 1. The molecule has 0 radical (unpaired) electrons. The third-order valence-electron chi connectivity index (χ3n) is 2.66. The van der Waals surface area contributed by atoms with Crippen molar-refractivity contribution in [2.45, 2.75) is 37.7 Å². The van der Waals surface area contributed by atoms with E-state index in [0.29, 0.717) is 30.1 Å². The Hall–Kier alpha value is -1.76. The quantitative estimate of drug-likeness (QED) is 0.642. The van der Waals surface area contributed by atoms with E-state index in [0.717, 1.165) is 0 Å². The van der Waals surface area contributed by atoms with Crippen LogP contribution in [0.15, 0.2) is 33.5 Å². The summed E-state index contributed by atoms with van der Waals surface area (Å²) in [5.41, 5.74) is 5.72. The van der Waals surface area contributed by atoms with E-state index < -0.39 is 21.4 Å². The van der Waals surface area contributed by atoms with Crippen molar-refractivity contribution in [1.82, 2.24) is 5.32 Å². The van der Waals surface area contributed by atoms with Crippen molar-refractivity contribution < 1.29 is 13.7 Å². The average Bonchev–Trinajstić information content (AvgIpc) is 2.36. The normalized spacial score (nSPS) is 14.0. The maximum Gasteiger partial charge on any atom is 0.407 e. The Kier molecular flexibility index (Phi) is 6.22. The first kappa shape index (κ1) is 18.3. The smallest absolute Gasteiger partial charge is 0.407 e. The Morgan fingerprint density at radius 2 is 1.91 bits per heavy atom. The van der Waals surface area contributed by atoms with Gasteiger partial charge in [-0.1, -0.05) is 0 Å². The molecular formula is C15H25N3O3S. The number of alkyl carbamates (subject to hydrolysis) is 1. The lowest BCUT2D eigenvalue weighted by Gasteiger charge is -2.19. The fourth-order valence-electron chi connectivity index (χ4n) is 1.62. The lowest BCUT2D eigenvalue weighted by molar-refractivity contribution is 0.0527. The van der Waals surface area contributed by atoms with E-state index in [9.17, 15) is 9.00 Å². The average molecular weight is 327 g/mol. The van der Waals surface area contributed by atoms with E-state index in [1.165, 1.54) is 0 Å². The summed E-state index contributed by atoms with van der Waals surface area (Å²) in [7, 11) is -2.43. The number of nitrogen functional groups attached to an aromatic ring is 1. The fraction of sp³-hybridized carbons (Fsp3) is 0.533. The standard InChI is InChI=1S/C15H25N3O3S/c1-15(2,3)21-14(19)17-10-5-11-18-22(4,20)13-8-6-12(16)7-9-13/h6-9H,5,10-11,16H2,1-4H3,(H,17,19). The summed E-state index contributed by atoms with van der Waals surface area (Å²) in [6.45, 7) is 6.24. The molecule has 1 rings (SSSR count). The molecule has 6 nitrogen and oxygen atoms in total. The van der Waals surface area contributed by atoms with E-state index in [1.807, 2.05) is 0 Å². The van der Waals surface area contributed by atoms with E-state index in [2.05, 4.69) is 9.68 Å². The minimum atomic E-state index is -2.43. The molecule has 0 saturated carbocycles. The second kappa shape index (κ2) is 7.49. The van der Waals surface area contributed by atoms with Gasteiger partial charge in [-0.3, -0.25) is 0 Å². The third-order valence-corrected chi connectivity index (χ3v) is 4.48. The zero-order valence-corrected chi connectivity index (χ0v) is 14.4. The van der Waals surface area contributed by atoms with Gasteiger partial charge in [-0.05, 0) is 51.5 Å². The molecule has 1 atom stereocenters.